The smallest absolute Gasteiger partial charge is 0.278 e. The lowest BCUT2D eigenvalue weighted by molar-refractivity contribution is -0.130. The fourth-order valence-corrected chi connectivity index (χ4v) is 5.70. The van der Waals surface area contributed by atoms with Gasteiger partial charge in [0.1, 0.15) is 5.39 Å². The Balaban J connectivity index is 1.42. The molecule has 0 bridgehead atoms. The second-order valence-electron chi connectivity index (χ2n) is 12.3. The van der Waals surface area contributed by atoms with Crippen LogP contribution in [0, 0.1) is 0 Å². The van der Waals surface area contributed by atoms with Crippen molar-refractivity contribution in [2.75, 3.05) is 11.9 Å². The summed E-state index contributed by atoms with van der Waals surface area (Å²) in [5.41, 5.74) is 5.49. The maximum Gasteiger partial charge on any atom is 0.278 e. The molecule has 1 aromatic carbocycles. The highest BCUT2D eigenvalue weighted by molar-refractivity contribution is 5.78. The molecule has 1 fully saturated rings. The lowest BCUT2D eigenvalue weighted by Crippen LogP contribution is -2.40. The zero-order chi connectivity index (χ0) is 27.7. The number of amides is 1. The highest BCUT2D eigenvalue weighted by atomic mass is 16.2. The summed E-state index contributed by atoms with van der Waals surface area (Å²) in [6.45, 7) is 13.4. The van der Waals surface area contributed by atoms with Gasteiger partial charge in [0.15, 0.2) is 5.65 Å². The van der Waals surface area contributed by atoms with E-state index in [2.05, 4.69) is 54.3 Å². The first-order valence-corrected chi connectivity index (χ1v) is 13.6. The average molecular weight is 526 g/mol. The summed E-state index contributed by atoms with van der Waals surface area (Å²) in [6, 6.07) is 10.2. The van der Waals surface area contributed by atoms with E-state index >= 15 is 0 Å². The zero-order valence-electron chi connectivity index (χ0n) is 23.4. The normalized spacial score (nSPS) is 16.1. The molecule has 0 unspecified atom stereocenters. The second kappa shape index (κ2) is 8.76. The van der Waals surface area contributed by atoms with Gasteiger partial charge >= 0.3 is 0 Å². The molecule has 0 saturated heterocycles. The minimum absolute atomic E-state index is 0.0889. The fourth-order valence-electron chi connectivity index (χ4n) is 5.70. The maximum atomic E-state index is 13.4. The summed E-state index contributed by atoms with van der Waals surface area (Å²) in [5, 5.41) is 3.81. The number of nitrogens with one attached hydrogen (secondary N) is 1. The molecule has 9 heteroatoms. The van der Waals surface area contributed by atoms with E-state index in [1.807, 2.05) is 35.6 Å². The van der Waals surface area contributed by atoms with Crippen molar-refractivity contribution < 1.29 is 4.79 Å². The Labute approximate surface area is 227 Å². The third-order valence-corrected chi connectivity index (χ3v) is 7.96. The van der Waals surface area contributed by atoms with Crippen molar-refractivity contribution in [1.82, 2.24) is 29.2 Å². The fraction of sp³-hybridized carbons (Fsp3) is 0.433. The van der Waals surface area contributed by atoms with E-state index in [9.17, 15) is 9.59 Å². The zero-order valence-corrected chi connectivity index (χ0v) is 23.4. The van der Waals surface area contributed by atoms with E-state index in [1.165, 1.54) is 5.56 Å². The van der Waals surface area contributed by atoms with Gasteiger partial charge in [-0.15, -0.1) is 0 Å². The standard InChI is InChI=1S/C30H35N7O2/c1-18(2)36-27(39)23-15-32-28(34-26(23)37(36)22-9-12-31-25(14-22)29(4,5)6)33-21-7-8-24-20(13-21)16-35(19(3)38)17-30(24)10-11-30/h7-9,12-15,18H,10-11,16-17H2,1-6H3,(H,32,33,34). The molecule has 0 atom stereocenters. The average Bonchev–Trinajstić information content (AvgIpc) is 3.58. The lowest BCUT2D eigenvalue weighted by Gasteiger charge is -2.34. The van der Waals surface area contributed by atoms with E-state index in [-0.39, 0.29) is 28.3 Å². The van der Waals surface area contributed by atoms with Gasteiger partial charge in [-0.25, -0.2) is 14.3 Å². The van der Waals surface area contributed by atoms with Crippen LogP contribution in [0.3, 0.4) is 0 Å². The number of hydrogen-bond acceptors (Lipinski definition) is 6. The summed E-state index contributed by atoms with van der Waals surface area (Å²) >= 11 is 0. The SMILES string of the molecule is CC(=O)N1Cc2cc(Nc3ncc4c(=O)n(C(C)C)n(-c5ccnc(C(C)(C)C)c5)c4n3)ccc2C2(CC2)C1. The van der Waals surface area contributed by atoms with Crippen LogP contribution < -0.4 is 10.9 Å². The number of carbonyl (C=O) groups excluding carboxylic acids is 1. The summed E-state index contributed by atoms with van der Waals surface area (Å²) in [7, 11) is 0. The first-order chi connectivity index (χ1) is 18.5. The van der Waals surface area contributed by atoms with E-state index < -0.39 is 0 Å². The Morgan fingerprint density at radius 3 is 2.54 bits per heavy atom. The molecule has 3 aromatic heterocycles. The Bertz CT molecular complexity index is 1670. The molecule has 1 saturated carbocycles. The van der Waals surface area contributed by atoms with Gasteiger partial charge in [-0.2, -0.15) is 4.98 Å². The number of aromatic nitrogens is 5. The predicted octanol–water partition coefficient (Wildman–Crippen LogP) is 4.99. The molecular weight excluding hydrogens is 490 g/mol. The largest absolute Gasteiger partial charge is 0.338 e. The third kappa shape index (κ3) is 4.30. The molecular formula is C30H35N7O2. The highest BCUT2D eigenvalue weighted by Gasteiger charge is 2.49. The van der Waals surface area contributed by atoms with Crippen molar-refractivity contribution in [2.45, 2.75) is 77.8 Å². The van der Waals surface area contributed by atoms with Crippen LogP contribution >= 0.6 is 0 Å². The highest BCUT2D eigenvalue weighted by Crippen LogP contribution is 2.52. The molecule has 1 N–H and O–H groups in total. The molecule has 1 spiro atoms. The van der Waals surface area contributed by atoms with Crippen LogP contribution in [0.25, 0.3) is 16.7 Å². The number of nitrogens with zero attached hydrogens (tertiary/aromatic N) is 6. The molecule has 9 nitrogen and oxygen atoms in total. The number of rotatable bonds is 4. The Morgan fingerprint density at radius 2 is 1.87 bits per heavy atom. The summed E-state index contributed by atoms with van der Waals surface area (Å²) < 4.78 is 3.59. The molecule has 6 rings (SSSR count). The van der Waals surface area contributed by atoms with Crippen LogP contribution in [0.2, 0.25) is 0 Å². The van der Waals surface area contributed by atoms with Gasteiger partial charge in [-0.3, -0.25) is 14.6 Å². The van der Waals surface area contributed by atoms with Crippen LogP contribution in [0.15, 0.2) is 47.5 Å². The minimum Gasteiger partial charge on any atom is -0.338 e. The molecule has 1 amide bonds. The van der Waals surface area contributed by atoms with Gasteiger partial charge in [0, 0.05) is 60.7 Å². The quantitative estimate of drug-likeness (QED) is 0.403. The first-order valence-electron chi connectivity index (χ1n) is 13.6. The van der Waals surface area contributed by atoms with Crippen LogP contribution in [0.1, 0.15) is 77.2 Å². The van der Waals surface area contributed by atoms with E-state index in [1.54, 1.807) is 24.0 Å². The monoisotopic (exact) mass is 525 g/mol. The second-order valence-corrected chi connectivity index (χ2v) is 12.3. The Kier molecular flexibility index (Phi) is 5.68. The van der Waals surface area contributed by atoms with E-state index in [0.717, 1.165) is 42.0 Å². The van der Waals surface area contributed by atoms with Crippen LogP contribution in [-0.2, 0) is 22.2 Å². The number of benzene rings is 1. The lowest BCUT2D eigenvalue weighted by atomic mass is 9.86. The number of fused-ring (bicyclic) bond motifs is 3. The van der Waals surface area contributed by atoms with Gasteiger partial charge in [0.05, 0.1) is 5.69 Å². The number of hydrogen-bond donors (Lipinski definition) is 1. The van der Waals surface area contributed by atoms with Gasteiger partial charge in [0.2, 0.25) is 11.9 Å². The van der Waals surface area contributed by atoms with E-state index in [0.29, 0.717) is 23.5 Å². The van der Waals surface area contributed by atoms with Gasteiger partial charge < -0.3 is 10.2 Å². The van der Waals surface area contributed by atoms with Crippen LogP contribution in [0.4, 0.5) is 11.6 Å². The van der Waals surface area contributed by atoms with Gasteiger partial charge in [-0.1, -0.05) is 26.8 Å². The number of carbonyl (C=O) groups is 1. The van der Waals surface area contributed by atoms with Crippen molar-refractivity contribution in [1.29, 1.82) is 0 Å². The molecule has 1 aliphatic carbocycles. The van der Waals surface area contributed by atoms with Crippen molar-refractivity contribution >= 4 is 28.6 Å². The van der Waals surface area contributed by atoms with Crippen LogP contribution in [0.5, 0.6) is 0 Å². The van der Waals surface area contributed by atoms with Crippen molar-refractivity contribution in [2.24, 2.45) is 0 Å². The Hall–Kier alpha value is -4.01. The summed E-state index contributed by atoms with van der Waals surface area (Å²) in [5.74, 6) is 0.514. The third-order valence-electron chi connectivity index (χ3n) is 7.96. The molecule has 39 heavy (non-hydrogen) atoms. The minimum atomic E-state index is -0.146. The summed E-state index contributed by atoms with van der Waals surface area (Å²) in [6.07, 6.45) is 5.62. The molecule has 2 aliphatic rings. The van der Waals surface area contributed by atoms with Crippen molar-refractivity contribution in [3.8, 4) is 5.69 Å². The maximum absolute atomic E-state index is 13.4. The van der Waals surface area contributed by atoms with Crippen LogP contribution in [-0.4, -0.2) is 41.7 Å². The topological polar surface area (TPSA) is 97.9 Å². The number of pyridine rings is 1. The first kappa shape index (κ1) is 25.3. The molecule has 4 aromatic rings. The number of anilines is 2. The van der Waals surface area contributed by atoms with Gasteiger partial charge in [-0.05, 0) is 62.1 Å². The molecule has 1 aliphatic heterocycles. The molecule has 4 heterocycles. The summed E-state index contributed by atoms with van der Waals surface area (Å²) in [4.78, 5) is 41.4. The molecule has 0 radical (unpaired) electrons. The van der Waals surface area contributed by atoms with Gasteiger partial charge in [0.25, 0.3) is 5.56 Å². The Morgan fingerprint density at radius 1 is 1.10 bits per heavy atom. The van der Waals surface area contributed by atoms with Crippen molar-refractivity contribution in [3.63, 3.8) is 0 Å². The predicted molar refractivity (Wildman–Crippen MR) is 152 cm³/mol. The van der Waals surface area contributed by atoms with Crippen molar-refractivity contribution in [3.05, 3.63) is 69.9 Å². The van der Waals surface area contributed by atoms with E-state index in [4.69, 9.17) is 4.98 Å². The molecule has 202 valence electrons.